The minimum absolute atomic E-state index is 1.01. The highest BCUT2D eigenvalue weighted by Crippen LogP contribution is 2.15. The Bertz CT molecular complexity index is 180. The maximum atomic E-state index is 4.27. The lowest BCUT2D eigenvalue weighted by Gasteiger charge is -2.04. The summed E-state index contributed by atoms with van der Waals surface area (Å²) in [6, 6.07) is 0. The Balaban J connectivity index is 2.66. The number of rotatable bonds is 1. The van der Waals surface area contributed by atoms with Crippen LogP contribution >= 0.6 is 0 Å². The van der Waals surface area contributed by atoms with E-state index < -0.39 is 0 Å². The Morgan fingerprint density at radius 1 is 1.50 bits per heavy atom. The van der Waals surface area contributed by atoms with Crippen molar-refractivity contribution in [3.8, 4) is 0 Å². The maximum absolute atomic E-state index is 4.27. The SMILES string of the molecule is C/C=N\C1=C(C)CN(C)C1. The molecule has 0 fully saturated rings. The number of hydrogen-bond acceptors (Lipinski definition) is 2. The van der Waals surface area contributed by atoms with Crippen LogP contribution in [0.3, 0.4) is 0 Å². The van der Waals surface area contributed by atoms with E-state index >= 15 is 0 Å². The van der Waals surface area contributed by atoms with Gasteiger partial charge in [0.15, 0.2) is 0 Å². The molecule has 0 unspecified atom stereocenters. The number of likely N-dealkylation sites (N-methyl/N-ethyl adjacent to an activating group) is 1. The van der Waals surface area contributed by atoms with Crippen molar-refractivity contribution in [3.63, 3.8) is 0 Å². The van der Waals surface area contributed by atoms with Crippen LogP contribution in [0.4, 0.5) is 0 Å². The fourth-order valence-corrected chi connectivity index (χ4v) is 1.25. The predicted octanol–water partition coefficient (Wildman–Crippen LogP) is 1.30. The normalized spacial score (nSPS) is 21.5. The second-order valence-electron chi connectivity index (χ2n) is 2.79. The van der Waals surface area contributed by atoms with Crippen LogP contribution in [0.5, 0.6) is 0 Å². The highest BCUT2D eigenvalue weighted by atomic mass is 15.1. The molecule has 0 aromatic rings. The Morgan fingerprint density at radius 3 is 2.60 bits per heavy atom. The average Bonchev–Trinajstić information content (AvgIpc) is 2.13. The molecule has 0 spiro atoms. The van der Waals surface area contributed by atoms with Crippen LogP contribution in [0.2, 0.25) is 0 Å². The summed E-state index contributed by atoms with van der Waals surface area (Å²) < 4.78 is 0. The average molecular weight is 138 g/mol. The van der Waals surface area contributed by atoms with Crippen LogP contribution in [0.25, 0.3) is 0 Å². The lowest BCUT2D eigenvalue weighted by atomic mass is 10.3. The summed E-state index contributed by atoms with van der Waals surface area (Å²) in [5.41, 5.74) is 2.64. The third-order valence-electron chi connectivity index (χ3n) is 1.70. The lowest BCUT2D eigenvalue weighted by molar-refractivity contribution is 0.424. The van der Waals surface area contributed by atoms with E-state index in [1.165, 1.54) is 11.3 Å². The summed E-state index contributed by atoms with van der Waals surface area (Å²) in [5, 5.41) is 0. The van der Waals surface area contributed by atoms with Crippen LogP contribution < -0.4 is 0 Å². The second kappa shape index (κ2) is 2.97. The first-order valence-corrected chi connectivity index (χ1v) is 3.60. The number of nitrogens with zero attached hydrogens (tertiary/aromatic N) is 2. The second-order valence-corrected chi connectivity index (χ2v) is 2.79. The highest BCUT2D eigenvalue weighted by Gasteiger charge is 2.13. The first kappa shape index (κ1) is 7.48. The molecule has 0 atom stereocenters. The van der Waals surface area contributed by atoms with Gasteiger partial charge in [-0.25, -0.2) is 0 Å². The molecule has 2 heteroatoms. The van der Waals surface area contributed by atoms with Crippen molar-refractivity contribution >= 4 is 6.21 Å². The molecule has 0 aromatic heterocycles. The first-order valence-electron chi connectivity index (χ1n) is 3.60. The van der Waals surface area contributed by atoms with Crippen molar-refractivity contribution in [1.29, 1.82) is 0 Å². The molecule has 0 bridgehead atoms. The third kappa shape index (κ3) is 1.45. The molecular formula is C8H14N2. The van der Waals surface area contributed by atoms with Crippen molar-refractivity contribution in [2.24, 2.45) is 4.99 Å². The summed E-state index contributed by atoms with van der Waals surface area (Å²) >= 11 is 0. The molecule has 0 radical (unpaired) electrons. The maximum Gasteiger partial charge on any atom is 0.0541 e. The van der Waals surface area contributed by atoms with Gasteiger partial charge in [-0.1, -0.05) is 0 Å². The molecule has 0 saturated carbocycles. The van der Waals surface area contributed by atoms with Gasteiger partial charge in [0.25, 0.3) is 0 Å². The van der Waals surface area contributed by atoms with Gasteiger partial charge in [-0.05, 0) is 26.5 Å². The van der Waals surface area contributed by atoms with Crippen molar-refractivity contribution in [2.75, 3.05) is 20.1 Å². The molecule has 0 aliphatic carbocycles. The number of hydrogen-bond donors (Lipinski definition) is 0. The molecule has 1 heterocycles. The van der Waals surface area contributed by atoms with Gasteiger partial charge in [-0.3, -0.25) is 9.89 Å². The van der Waals surface area contributed by atoms with Gasteiger partial charge in [0.2, 0.25) is 0 Å². The molecule has 0 aromatic carbocycles. The topological polar surface area (TPSA) is 15.6 Å². The van der Waals surface area contributed by atoms with Crippen molar-refractivity contribution in [2.45, 2.75) is 13.8 Å². The Hall–Kier alpha value is -0.630. The number of aliphatic imine (C=N–C) groups is 1. The molecule has 1 rings (SSSR count). The standard InChI is InChI=1S/C8H14N2/c1-4-9-8-6-10(3)5-7(8)2/h4H,5-6H2,1-3H3/b9-4-. The van der Waals surface area contributed by atoms with Gasteiger partial charge in [-0.2, -0.15) is 0 Å². The van der Waals surface area contributed by atoms with E-state index in [2.05, 4.69) is 23.9 Å². The molecule has 1 aliphatic rings. The third-order valence-corrected chi connectivity index (χ3v) is 1.70. The smallest absolute Gasteiger partial charge is 0.0541 e. The Labute approximate surface area is 62.3 Å². The van der Waals surface area contributed by atoms with E-state index in [1.54, 1.807) is 0 Å². The molecule has 0 N–H and O–H groups in total. The van der Waals surface area contributed by atoms with Gasteiger partial charge >= 0.3 is 0 Å². The first-order chi connectivity index (χ1) is 4.74. The molecule has 10 heavy (non-hydrogen) atoms. The lowest BCUT2D eigenvalue weighted by Crippen LogP contribution is -2.14. The zero-order chi connectivity index (χ0) is 7.56. The molecule has 1 aliphatic heterocycles. The minimum atomic E-state index is 1.01. The van der Waals surface area contributed by atoms with E-state index in [0.29, 0.717) is 0 Å². The van der Waals surface area contributed by atoms with Crippen LogP contribution in [-0.4, -0.2) is 31.3 Å². The van der Waals surface area contributed by atoms with Gasteiger partial charge in [0, 0.05) is 19.3 Å². The molecule has 2 nitrogen and oxygen atoms in total. The largest absolute Gasteiger partial charge is 0.297 e. The molecule has 56 valence electrons. The Morgan fingerprint density at radius 2 is 2.20 bits per heavy atom. The minimum Gasteiger partial charge on any atom is -0.297 e. The van der Waals surface area contributed by atoms with Crippen LogP contribution in [0, 0.1) is 0 Å². The molecule has 0 saturated heterocycles. The van der Waals surface area contributed by atoms with Gasteiger partial charge in [-0.15, -0.1) is 0 Å². The van der Waals surface area contributed by atoms with E-state index in [-0.39, 0.29) is 0 Å². The fourth-order valence-electron chi connectivity index (χ4n) is 1.25. The van der Waals surface area contributed by atoms with E-state index in [1.807, 2.05) is 13.1 Å². The fraction of sp³-hybridized carbons (Fsp3) is 0.625. The Kier molecular flexibility index (Phi) is 2.22. The summed E-state index contributed by atoms with van der Waals surface area (Å²) in [5.74, 6) is 0. The van der Waals surface area contributed by atoms with Crippen molar-refractivity contribution in [1.82, 2.24) is 4.90 Å². The van der Waals surface area contributed by atoms with Gasteiger partial charge in [0.1, 0.15) is 0 Å². The summed E-state index contributed by atoms with van der Waals surface area (Å²) in [4.78, 5) is 6.53. The van der Waals surface area contributed by atoms with Gasteiger partial charge in [0.05, 0.1) is 5.70 Å². The monoisotopic (exact) mass is 138 g/mol. The summed E-state index contributed by atoms with van der Waals surface area (Å²) in [7, 11) is 2.11. The summed E-state index contributed by atoms with van der Waals surface area (Å²) in [6.45, 7) is 6.19. The van der Waals surface area contributed by atoms with E-state index in [4.69, 9.17) is 0 Å². The van der Waals surface area contributed by atoms with Crippen LogP contribution in [-0.2, 0) is 0 Å². The predicted molar refractivity (Wildman–Crippen MR) is 44.4 cm³/mol. The summed E-state index contributed by atoms with van der Waals surface area (Å²) in [6.07, 6.45) is 1.86. The highest BCUT2D eigenvalue weighted by molar-refractivity contribution is 5.56. The van der Waals surface area contributed by atoms with E-state index in [0.717, 1.165) is 13.1 Å². The van der Waals surface area contributed by atoms with Gasteiger partial charge < -0.3 is 0 Å². The quantitative estimate of drug-likeness (QED) is 0.499. The van der Waals surface area contributed by atoms with Crippen LogP contribution in [0.15, 0.2) is 16.3 Å². The zero-order valence-electron chi connectivity index (χ0n) is 6.89. The zero-order valence-corrected chi connectivity index (χ0v) is 6.89. The van der Waals surface area contributed by atoms with E-state index in [9.17, 15) is 0 Å². The molecule has 0 amide bonds. The molecular weight excluding hydrogens is 124 g/mol. The van der Waals surface area contributed by atoms with Crippen molar-refractivity contribution < 1.29 is 0 Å². The van der Waals surface area contributed by atoms with Crippen molar-refractivity contribution in [3.05, 3.63) is 11.3 Å². The van der Waals surface area contributed by atoms with Crippen LogP contribution in [0.1, 0.15) is 13.8 Å².